The van der Waals surface area contributed by atoms with Gasteiger partial charge in [-0.2, -0.15) is 0 Å². The molecule has 1 atom stereocenters. The van der Waals surface area contributed by atoms with E-state index >= 15 is 0 Å². The summed E-state index contributed by atoms with van der Waals surface area (Å²) in [5.74, 6) is -0.252. The van der Waals surface area contributed by atoms with E-state index in [2.05, 4.69) is 13.8 Å². The second-order valence-electron chi connectivity index (χ2n) is 10.1. The number of piperidine rings is 1. The third kappa shape index (κ3) is 15.6. The molecule has 5 heteroatoms. The van der Waals surface area contributed by atoms with Crippen molar-refractivity contribution >= 4 is 12.1 Å². The number of likely N-dealkylation sites (tertiary alicyclic amines) is 1. The summed E-state index contributed by atoms with van der Waals surface area (Å²) in [6.45, 7) is 5.93. The van der Waals surface area contributed by atoms with Crippen LogP contribution in [0.25, 0.3) is 0 Å². The Morgan fingerprint density at radius 3 is 1.59 bits per heavy atom. The minimum Gasteiger partial charge on any atom is -0.464 e. The van der Waals surface area contributed by atoms with E-state index in [1.54, 1.807) is 4.90 Å². The number of hydrogen-bond donors (Lipinski definition) is 0. The third-order valence-electron chi connectivity index (χ3n) is 6.98. The van der Waals surface area contributed by atoms with Crippen molar-refractivity contribution in [1.29, 1.82) is 0 Å². The van der Waals surface area contributed by atoms with Gasteiger partial charge in [0.25, 0.3) is 0 Å². The molecule has 1 fully saturated rings. The molecule has 1 saturated heterocycles. The van der Waals surface area contributed by atoms with Crippen LogP contribution < -0.4 is 0 Å². The van der Waals surface area contributed by atoms with E-state index in [-0.39, 0.29) is 12.1 Å². The number of ether oxygens (including phenoxy) is 2. The highest BCUT2D eigenvalue weighted by Crippen LogP contribution is 2.20. The number of hydrogen-bond acceptors (Lipinski definition) is 4. The largest absolute Gasteiger partial charge is 0.464 e. The predicted molar refractivity (Wildman–Crippen MR) is 141 cm³/mol. The fourth-order valence-electron chi connectivity index (χ4n) is 4.73. The molecule has 0 N–H and O–H groups in total. The van der Waals surface area contributed by atoms with Crippen LogP contribution in [0.15, 0.2) is 0 Å². The van der Waals surface area contributed by atoms with E-state index in [1.807, 2.05) is 0 Å². The molecule has 1 aliphatic heterocycles. The van der Waals surface area contributed by atoms with Crippen molar-refractivity contribution in [3.63, 3.8) is 0 Å². The summed E-state index contributed by atoms with van der Waals surface area (Å²) in [6, 6.07) is -0.469. The lowest BCUT2D eigenvalue weighted by Crippen LogP contribution is -2.49. The van der Waals surface area contributed by atoms with Gasteiger partial charge in [0.15, 0.2) is 0 Å². The third-order valence-corrected chi connectivity index (χ3v) is 6.98. The van der Waals surface area contributed by atoms with Crippen molar-refractivity contribution < 1.29 is 19.1 Å². The van der Waals surface area contributed by atoms with Crippen LogP contribution in [0, 0.1) is 0 Å². The van der Waals surface area contributed by atoms with Gasteiger partial charge >= 0.3 is 12.1 Å². The minimum absolute atomic E-state index is 0.252. The van der Waals surface area contributed by atoms with Gasteiger partial charge in [0.1, 0.15) is 6.04 Å². The fraction of sp³-hybridized carbons (Fsp3) is 0.931. The van der Waals surface area contributed by atoms with Gasteiger partial charge in [-0.25, -0.2) is 9.59 Å². The quantitative estimate of drug-likeness (QED) is 0.122. The molecule has 0 aromatic carbocycles. The molecule has 0 aliphatic carbocycles. The molecule has 0 spiro atoms. The summed E-state index contributed by atoms with van der Waals surface area (Å²) in [6.07, 6.45) is 24.9. The molecule has 1 amide bonds. The summed E-state index contributed by atoms with van der Waals surface area (Å²) >= 11 is 0. The number of esters is 1. The van der Waals surface area contributed by atoms with Crippen molar-refractivity contribution in [2.45, 2.75) is 155 Å². The first kappa shape index (κ1) is 30.8. The van der Waals surface area contributed by atoms with Crippen molar-refractivity contribution in [1.82, 2.24) is 4.90 Å². The number of nitrogens with zero attached hydrogens (tertiary/aromatic N) is 1. The van der Waals surface area contributed by atoms with Crippen molar-refractivity contribution in [2.24, 2.45) is 0 Å². The second-order valence-corrected chi connectivity index (χ2v) is 10.1. The molecule has 0 saturated carbocycles. The second kappa shape index (κ2) is 22.2. The van der Waals surface area contributed by atoms with Gasteiger partial charge in [-0.05, 0) is 32.1 Å². The molecule has 1 heterocycles. The van der Waals surface area contributed by atoms with E-state index in [9.17, 15) is 9.59 Å². The van der Waals surface area contributed by atoms with E-state index in [0.717, 1.165) is 51.4 Å². The van der Waals surface area contributed by atoms with Gasteiger partial charge in [0.2, 0.25) is 0 Å². The Morgan fingerprint density at radius 2 is 1.06 bits per heavy atom. The number of amides is 1. The normalized spacial score (nSPS) is 15.9. The average molecular weight is 482 g/mol. The van der Waals surface area contributed by atoms with Gasteiger partial charge in [-0.3, -0.25) is 4.90 Å². The lowest BCUT2D eigenvalue weighted by Gasteiger charge is -2.33. The zero-order valence-electron chi connectivity index (χ0n) is 22.6. The highest BCUT2D eigenvalue weighted by atomic mass is 16.6. The first-order valence-electron chi connectivity index (χ1n) is 14.8. The van der Waals surface area contributed by atoms with Crippen molar-refractivity contribution in [2.75, 3.05) is 19.8 Å². The van der Waals surface area contributed by atoms with Crippen molar-refractivity contribution in [3.8, 4) is 0 Å². The molecule has 34 heavy (non-hydrogen) atoms. The van der Waals surface area contributed by atoms with E-state index in [4.69, 9.17) is 9.47 Å². The summed E-state index contributed by atoms with van der Waals surface area (Å²) in [4.78, 5) is 26.6. The highest BCUT2D eigenvalue weighted by Gasteiger charge is 2.34. The van der Waals surface area contributed by atoms with Gasteiger partial charge in [-0.1, -0.05) is 117 Å². The standard InChI is InChI=1S/C29H55NO4/c1-3-5-7-9-10-11-12-13-14-15-16-17-18-22-25-33-28(31)27-23-19-20-24-30(27)29(32)34-26-21-8-6-4-2/h27H,3-26H2,1-2H3. The lowest BCUT2D eigenvalue weighted by atomic mass is 10.0. The SMILES string of the molecule is CCCCCCCCCCCCCCCCOC(=O)C1CCCCN1C(=O)OCCCCCC. The monoisotopic (exact) mass is 481 g/mol. The van der Waals surface area contributed by atoms with Gasteiger partial charge in [-0.15, -0.1) is 0 Å². The molecule has 0 aromatic rings. The molecule has 0 bridgehead atoms. The number of carbonyl (C=O) groups excluding carboxylic acids is 2. The van der Waals surface area contributed by atoms with Crippen LogP contribution in [0.5, 0.6) is 0 Å². The Morgan fingerprint density at radius 1 is 0.618 bits per heavy atom. The average Bonchev–Trinajstić information content (AvgIpc) is 2.86. The first-order valence-corrected chi connectivity index (χ1v) is 14.8. The number of unbranched alkanes of at least 4 members (excludes halogenated alkanes) is 16. The Hall–Kier alpha value is -1.26. The van der Waals surface area contributed by atoms with Crippen molar-refractivity contribution in [3.05, 3.63) is 0 Å². The minimum atomic E-state index is -0.469. The molecular formula is C29H55NO4. The molecule has 1 aliphatic rings. The molecule has 0 aromatic heterocycles. The highest BCUT2D eigenvalue weighted by molar-refractivity contribution is 5.81. The van der Waals surface area contributed by atoms with Crippen LogP contribution in [0.1, 0.15) is 149 Å². The fourth-order valence-corrected chi connectivity index (χ4v) is 4.73. The maximum atomic E-state index is 12.6. The molecular weight excluding hydrogens is 426 g/mol. The molecule has 0 radical (unpaired) electrons. The molecule has 5 nitrogen and oxygen atoms in total. The van der Waals surface area contributed by atoms with E-state index in [1.165, 1.54) is 77.0 Å². The summed E-state index contributed by atoms with van der Waals surface area (Å²) in [7, 11) is 0. The Bertz CT molecular complexity index is 497. The molecule has 1 unspecified atom stereocenters. The summed E-state index contributed by atoms with van der Waals surface area (Å²) in [5.41, 5.74) is 0. The van der Waals surface area contributed by atoms with E-state index in [0.29, 0.717) is 26.2 Å². The predicted octanol–water partition coefficient (Wildman–Crippen LogP) is 8.58. The van der Waals surface area contributed by atoms with Crippen LogP contribution in [-0.2, 0) is 14.3 Å². The first-order chi connectivity index (χ1) is 16.7. The smallest absolute Gasteiger partial charge is 0.410 e. The van der Waals surface area contributed by atoms with Crippen LogP contribution in [0.2, 0.25) is 0 Å². The number of carbonyl (C=O) groups is 2. The Labute approximate surface area is 210 Å². The maximum Gasteiger partial charge on any atom is 0.410 e. The van der Waals surface area contributed by atoms with Crippen LogP contribution in [0.3, 0.4) is 0 Å². The molecule has 1 rings (SSSR count). The Kier molecular flexibility index (Phi) is 20.1. The summed E-state index contributed by atoms with van der Waals surface area (Å²) < 4.78 is 11.0. The lowest BCUT2D eigenvalue weighted by molar-refractivity contribution is -0.150. The van der Waals surface area contributed by atoms with Crippen LogP contribution >= 0.6 is 0 Å². The van der Waals surface area contributed by atoms with Crippen LogP contribution in [0.4, 0.5) is 4.79 Å². The zero-order valence-corrected chi connectivity index (χ0v) is 22.6. The van der Waals surface area contributed by atoms with Gasteiger partial charge in [0.05, 0.1) is 13.2 Å². The summed E-state index contributed by atoms with van der Waals surface area (Å²) in [5, 5.41) is 0. The zero-order chi connectivity index (χ0) is 24.7. The maximum absolute atomic E-state index is 12.6. The van der Waals surface area contributed by atoms with Gasteiger partial charge < -0.3 is 9.47 Å². The van der Waals surface area contributed by atoms with Gasteiger partial charge in [0, 0.05) is 6.54 Å². The van der Waals surface area contributed by atoms with E-state index < -0.39 is 6.04 Å². The topological polar surface area (TPSA) is 55.8 Å². The Balaban J connectivity index is 2.02. The van der Waals surface area contributed by atoms with Crippen LogP contribution in [-0.4, -0.2) is 42.8 Å². The number of rotatable bonds is 21. The molecule has 200 valence electrons.